The standard InChI is InChI=1S/C11H11N5O2S2/c1-15-8(4-17)3-12-10(15)19-5-7-2-9(18)16-11(14-7)20-6-13-16/h2-3,6,17H,4-5H2,1H3. The summed E-state index contributed by atoms with van der Waals surface area (Å²) in [4.78, 5) is 21.0. The molecule has 0 atom stereocenters. The summed E-state index contributed by atoms with van der Waals surface area (Å²) in [6.07, 6.45) is 1.64. The number of rotatable bonds is 4. The van der Waals surface area contributed by atoms with Crippen LogP contribution in [0.15, 0.2) is 27.7 Å². The monoisotopic (exact) mass is 309 g/mol. The predicted octanol–water partition coefficient (Wildman–Crippen LogP) is 0.669. The van der Waals surface area contributed by atoms with E-state index in [1.165, 1.54) is 33.7 Å². The molecule has 0 fully saturated rings. The SMILES string of the molecule is Cn1c(CO)cnc1SCc1cc(=O)n2ncsc2n1. The van der Waals surface area contributed by atoms with Gasteiger partial charge in [-0.15, -0.1) is 0 Å². The Labute approximate surface area is 121 Å². The lowest BCUT2D eigenvalue weighted by atomic mass is 10.4. The maximum atomic E-state index is 11.8. The molecule has 3 heterocycles. The van der Waals surface area contributed by atoms with Gasteiger partial charge in [-0.3, -0.25) is 4.79 Å². The van der Waals surface area contributed by atoms with Crippen LogP contribution in [0.5, 0.6) is 0 Å². The van der Waals surface area contributed by atoms with Gasteiger partial charge in [0.05, 0.1) is 24.2 Å². The van der Waals surface area contributed by atoms with E-state index in [0.29, 0.717) is 16.4 Å². The molecule has 0 aliphatic heterocycles. The first-order valence-corrected chi connectivity index (χ1v) is 7.62. The largest absolute Gasteiger partial charge is 0.390 e. The first-order chi connectivity index (χ1) is 9.69. The fraction of sp³-hybridized carbons (Fsp3) is 0.273. The van der Waals surface area contributed by atoms with Gasteiger partial charge in [0.1, 0.15) is 5.51 Å². The molecule has 0 unspecified atom stereocenters. The third-order valence-corrected chi connectivity index (χ3v) is 4.55. The Morgan fingerprint density at radius 3 is 3.10 bits per heavy atom. The van der Waals surface area contributed by atoms with Gasteiger partial charge in [-0.2, -0.15) is 9.61 Å². The highest BCUT2D eigenvalue weighted by atomic mass is 32.2. The molecule has 9 heteroatoms. The molecule has 0 saturated heterocycles. The average molecular weight is 309 g/mol. The van der Waals surface area contributed by atoms with Gasteiger partial charge >= 0.3 is 0 Å². The van der Waals surface area contributed by atoms with Gasteiger partial charge in [-0.25, -0.2) is 9.97 Å². The summed E-state index contributed by atoms with van der Waals surface area (Å²) in [5.41, 5.74) is 2.85. The van der Waals surface area contributed by atoms with Crippen molar-refractivity contribution in [1.82, 2.24) is 24.1 Å². The Morgan fingerprint density at radius 2 is 2.35 bits per heavy atom. The molecule has 20 heavy (non-hydrogen) atoms. The highest BCUT2D eigenvalue weighted by Crippen LogP contribution is 2.21. The normalized spacial score (nSPS) is 11.3. The number of thioether (sulfide) groups is 1. The van der Waals surface area contributed by atoms with Crippen LogP contribution in [0.25, 0.3) is 4.96 Å². The Balaban J connectivity index is 1.82. The lowest BCUT2D eigenvalue weighted by molar-refractivity contribution is 0.271. The number of aliphatic hydroxyl groups is 1. The van der Waals surface area contributed by atoms with Gasteiger partial charge in [0, 0.05) is 18.9 Å². The molecule has 0 spiro atoms. The van der Waals surface area contributed by atoms with Gasteiger partial charge < -0.3 is 9.67 Å². The van der Waals surface area contributed by atoms with Gasteiger partial charge in [0.2, 0.25) is 4.96 Å². The maximum Gasteiger partial charge on any atom is 0.275 e. The molecular weight excluding hydrogens is 298 g/mol. The van der Waals surface area contributed by atoms with Gasteiger partial charge in [0.15, 0.2) is 5.16 Å². The van der Waals surface area contributed by atoms with E-state index in [9.17, 15) is 4.79 Å². The minimum absolute atomic E-state index is 0.0452. The number of aromatic nitrogens is 5. The van der Waals surface area contributed by atoms with E-state index in [4.69, 9.17) is 5.11 Å². The molecule has 0 aliphatic carbocycles. The van der Waals surface area contributed by atoms with E-state index >= 15 is 0 Å². The number of imidazole rings is 1. The Kier molecular flexibility index (Phi) is 3.55. The molecule has 104 valence electrons. The van der Waals surface area contributed by atoms with E-state index in [0.717, 1.165) is 10.9 Å². The fourth-order valence-electron chi connectivity index (χ4n) is 1.72. The van der Waals surface area contributed by atoms with Crippen LogP contribution in [0.4, 0.5) is 0 Å². The summed E-state index contributed by atoms with van der Waals surface area (Å²) in [6, 6.07) is 1.48. The second kappa shape index (κ2) is 5.35. The van der Waals surface area contributed by atoms with Crippen molar-refractivity contribution in [2.75, 3.05) is 0 Å². The van der Waals surface area contributed by atoms with Crippen LogP contribution in [-0.4, -0.2) is 29.3 Å². The van der Waals surface area contributed by atoms with Crippen molar-refractivity contribution in [3.8, 4) is 0 Å². The highest BCUT2D eigenvalue weighted by molar-refractivity contribution is 7.98. The molecule has 0 radical (unpaired) electrons. The molecule has 0 saturated carbocycles. The Bertz CT molecular complexity index is 807. The molecule has 1 N–H and O–H groups in total. The van der Waals surface area contributed by atoms with Crippen LogP contribution in [0.3, 0.4) is 0 Å². The van der Waals surface area contributed by atoms with Crippen molar-refractivity contribution in [3.63, 3.8) is 0 Å². The smallest absolute Gasteiger partial charge is 0.275 e. The summed E-state index contributed by atoms with van der Waals surface area (Å²) in [7, 11) is 1.84. The van der Waals surface area contributed by atoms with Crippen LogP contribution in [0, 0.1) is 0 Å². The summed E-state index contributed by atoms with van der Waals surface area (Å²) < 4.78 is 3.10. The molecule has 3 rings (SSSR count). The number of hydrogen-bond acceptors (Lipinski definition) is 7. The number of nitrogens with zero attached hydrogens (tertiary/aromatic N) is 5. The second-order valence-electron chi connectivity index (χ2n) is 4.06. The fourth-order valence-corrected chi connectivity index (χ4v) is 3.23. The lowest BCUT2D eigenvalue weighted by Crippen LogP contribution is -2.14. The molecule has 0 aliphatic rings. The Morgan fingerprint density at radius 1 is 1.50 bits per heavy atom. The summed E-state index contributed by atoms with van der Waals surface area (Å²) in [5, 5.41) is 13.8. The van der Waals surface area contributed by atoms with Crippen LogP contribution >= 0.6 is 23.1 Å². The van der Waals surface area contributed by atoms with Gasteiger partial charge in [0.25, 0.3) is 5.56 Å². The maximum absolute atomic E-state index is 11.8. The number of hydrogen-bond donors (Lipinski definition) is 1. The summed E-state index contributed by atoms with van der Waals surface area (Å²) >= 11 is 2.80. The molecule has 7 nitrogen and oxygen atoms in total. The van der Waals surface area contributed by atoms with E-state index in [1.54, 1.807) is 11.7 Å². The molecule has 0 bridgehead atoms. The minimum Gasteiger partial charge on any atom is -0.390 e. The van der Waals surface area contributed by atoms with Crippen LogP contribution in [0.2, 0.25) is 0 Å². The van der Waals surface area contributed by atoms with E-state index < -0.39 is 0 Å². The van der Waals surface area contributed by atoms with Crippen molar-refractivity contribution in [2.24, 2.45) is 7.05 Å². The zero-order valence-electron chi connectivity index (χ0n) is 10.6. The second-order valence-corrected chi connectivity index (χ2v) is 5.81. The zero-order valence-corrected chi connectivity index (χ0v) is 12.2. The van der Waals surface area contributed by atoms with Crippen molar-refractivity contribution in [1.29, 1.82) is 0 Å². The minimum atomic E-state index is -0.178. The molecule has 3 aromatic heterocycles. The van der Waals surface area contributed by atoms with Crippen LogP contribution in [-0.2, 0) is 19.4 Å². The van der Waals surface area contributed by atoms with Crippen molar-refractivity contribution in [2.45, 2.75) is 17.5 Å². The van der Waals surface area contributed by atoms with Gasteiger partial charge in [-0.05, 0) is 0 Å². The lowest BCUT2D eigenvalue weighted by Gasteiger charge is -2.03. The zero-order chi connectivity index (χ0) is 14.1. The first-order valence-electron chi connectivity index (χ1n) is 5.75. The first kappa shape index (κ1) is 13.3. The topological polar surface area (TPSA) is 85.3 Å². The van der Waals surface area contributed by atoms with Gasteiger partial charge in [-0.1, -0.05) is 23.1 Å². The molecule has 0 aromatic carbocycles. The summed E-state index contributed by atoms with van der Waals surface area (Å²) in [5.74, 6) is 0.541. The predicted molar refractivity (Wildman–Crippen MR) is 75.8 cm³/mol. The third kappa shape index (κ3) is 2.35. The quantitative estimate of drug-likeness (QED) is 0.713. The van der Waals surface area contributed by atoms with E-state index in [-0.39, 0.29) is 12.2 Å². The molecular formula is C11H11N5O2S2. The van der Waals surface area contributed by atoms with Crippen LogP contribution < -0.4 is 5.56 Å². The Hall–Kier alpha value is -1.71. The van der Waals surface area contributed by atoms with E-state index in [1.807, 2.05) is 11.6 Å². The summed E-state index contributed by atoms with van der Waals surface area (Å²) in [6.45, 7) is -0.0452. The third-order valence-electron chi connectivity index (χ3n) is 2.79. The molecule has 0 amide bonds. The van der Waals surface area contributed by atoms with Crippen LogP contribution in [0.1, 0.15) is 11.4 Å². The van der Waals surface area contributed by atoms with Crippen molar-refractivity contribution in [3.05, 3.63) is 39.5 Å². The van der Waals surface area contributed by atoms with E-state index in [2.05, 4.69) is 15.1 Å². The molecule has 3 aromatic rings. The number of fused-ring (bicyclic) bond motifs is 1. The number of aliphatic hydroxyl groups excluding tert-OH is 1. The highest BCUT2D eigenvalue weighted by Gasteiger charge is 2.09. The average Bonchev–Trinajstić information content (AvgIpc) is 3.03. The van der Waals surface area contributed by atoms with Crippen molar-refractivity contribution < 1.29 is 5.11 Å². The van der Waals surface area contributed by atoms with Crippen molar-refractivity contribution >= 4 is 28.1 Å².